The third-order valence-electron chi connectivity index (χ3n) is 4.75. The highest BCUT2D eigenvalue weighted by Gasteiger charge is 2.24. The van der Waals surface area contributed by atoms with Crippen molar-refractivity contribution < 1.29 is 23.0 Å². The molecular formula is C26H24Cl2F2N2O7. The second-order valence-electron chi connectivity index (χ2n) is 7.35. The highest BCUT2D eigenvalue weighted by molar-refractivity contribution is 6.33. The first-order valence-electron chi connectivity index (χ1n) is 11.4. The number of benzene rings is 2. The van der Waals surface area contributed by atoms with E-state index in [-0.39, 0.29) is 51.0 Å². The summed E-state index contributed by atoms with van der Waals surface area (Å²) in [4.78, 5) is 44.2. The highest BCUT2D eigenvalue weighted by atomic mass is 35.5. The van der Waals surface area contributed by atoms with E-state index in [9.17, 15) is 28.0 Å². The maximum Gasteiger partial charge on any atom is 0.275 e. The average Bonchev–Trinajstić information content (AvgIpc) is 2.93. The zero-order chi connectivity index (χ0) is 29.3. The molecule has 0 aliphatic heterocycles. The Kier molecular flexibility index (Phi) is 11.4. The van der Waals surface area contributed by atoms with E-state index in [1.807, 2.05) is 0 Å². The number of ether oxygens (including phenoxy) is 3. The Morgan fingerprint density at radius 2 is 1.13 bits per heavy atom. The van der Waals surface area contributed by atoms with Crippen LogP contribution in [0.4, 0.5) is 25.8 Å². The van der Waals surface area contributed by atoms with E-state index in [0.717, 1.165) is 0 Å². The lowest BCUT2D eigenvalue weighted by atomic mass is 10.2. The van der Waals surface area contributed by atoms with Gasteiger partial charge in [-0.1, -0.05) is 35.3 Å². The molecule has 9 nitrogen and oxygen atoms in total. The molecule has 0 unspecified atom stereocenters. The van der Waals surface area contributed by atoms with Crippen molar-refractivity contribution in [2.24, 2.45) is 0 Å². The molecule has 0 aliphatic carbocycles. The lowest BCUT2D eigenvalue weighted by molar-refractivity contribution is 0.274. The molecule has 0 fully saturated rings. The van der Waals surface area contributed by atoms with Gasteiger partial charge in [-0.3, -0.25) is 19.2 Å². The molecule has 0 atom stereocenters. The minimum absolute atomic E-state index is 0.00231. The first-order valence-corrected chi connectivity index (χ1v) is 12.2. The van der Waals surface area contributed by atoms with Gasteiger partial charge >= 0.3 is 0 Å². The first-order chi connectivity index (χ1) is 18.5. The van der Waals surface area contributed by atoms with Crippen molar-refractivity contribution >= 4 is 40.3 Å². The van der Waals surface area contributed by atoms with E-state index in [4.69, 9.17) is 43.1 Å². The Bertz CT molecular complexity index is 1520. The van der Waals surface area contributed by atoms with Crippen LogP contribution in [-0.4, -0.2) is 19.8 Å². The summed E-state index contributed by atoms with van der Waals surface area (Å²) >= 11 is 11.1. The van der Waals surface area contributed by atoms with Gasteiger partial charge < -0.3 is 25.3 Å². The van der Waals surface area contributed by atoms with Gasteiger partial charge in [-0.15, -0.1) is 0 Å². The maximum absolute atomic E-state index is 13.2. The van der Waals surface area contributed by atoms with Crippen LogP contribution in [0.15, 0.2) is 55.6 Å². The van der Waals surface area contributed by atoms with E-state index >= 15 is 0 Å². The Labute approximate surface area is 231 Å². The number of hydrogen-bond acceptors (Lipinski definition) is 9. The van der Waals surface area contributed by atoms with Crippen molar-refractivity contribution in [1.29, 1.82) is 0 Å². The molecule has 4 aromatic carbocycles. The summed E-state index contributed by atoms with van der Waals surface area (Å²) in [5.74, 6) is -0.980. The van der Waals surface area contributed by atoms with Gasteiger partial charge in [0.05, 0.1) is 41.2 Å². The average molecular weight is 585 g/mol. The second-order valence-corrected chi connectivity index (χ2v) is 8.10. The van der Waals surface area contributed by atoms with E-state index in [1.54, 1.807) is 26.8 Å². The van der Waals surface area contributed by atoms with Gasteiger partial charge in [0, 0.05) is 0 Å². The molecule has 0 aliphatic rings. The summed E-state index contributed by atoms with van der Waals surface area (Å²) in [6.07, 6.45) is 0. The Balaban J connectivity index is 0.000000220. The van der Waals surface area contributed by atoms with E-state index < -0.39 is 33.3 Å². The Morgan fingerprint density at radius 1 is 0.692 bits per heavy atom. The van der Waals surface area contributed by atoms with Crippen LogP contribution in [-0.2, 0) is 0 Å². The van der Waals surface area contributed by atoms with E-state index in [1.165, 1.54) is 30.3 Å². The fraction of sp³-hybridized carbons (Fsp3) is 0.231. The monoisotopic (exact) mass is 584 g/mol. The molecule has 0 bridgehead atoms. The molecule has 4 rings (SSSR count). The number of nitrogen functional groups attached to an aromatic ring is 1. The summed E-state index contributed by atoms with van der Waals surface area (Å²) in [5.41, 5.74) is 3.19. The lowest BCUT2D eigenvalue weighted by Gasteiger charge is -2.14. The van der Waals surface area contributed by atoms with Crippen LogP contribution in [0.5, 0.6) is 17.2 Å². The number of nitrogens with one attached hydrogen (secondary N) is 1. The fourth-order valence-electron chi connectivity index (χ4n) is 2.92. The SMILES string of the molecule is CCOc1c(Nc2cccc(F)c2Cl)c(=O)c1=O.CCOc1c(OCC)c(=O)c1=O.Nc1cccc(F)c1Cl. The zero-order valence-corrected chi connectivity index (χ0v) is 22.5. The van der Waals surface area contributed by atoms with E-state index in [2.05, 4.69) is 5.32 Å². The van der Waals surface area contributed by atoms with Crippen molar-refractivity contribution in [3.63, 3.8) is 0 Å². The molecule has 39 heavy (non-hydrogen) atoms. The predicted octanol–water partition coefficient (Wildman–Crippen LogP) is 4.36. The number of hydrogen-bond donors (Lipinski definition) is 2. The van der Waals surface area contributed by atoms with Gasteiger partial charge in [0.1, 0.15) is 17.3 Å². The lowest BCUT2D eigenvalue weighted by Crippen LogP contribution is -2.35. The summed E-state index contributed by atoms with van der Waals surface area (Å²) in [5, 5.41) is 2.47. The van der Waals surface area contributed by atoms with Crippen molar-refractivity contribution in [3.8, 4) is 17.2 Å². The summed E-state index contributed by atoms with van der Waals surface area (Å²) in [7, 11) is 0. The molecule has 0 saturated carbocycles. The number of nitrogens with two attached hydrogens (primary N) is 1. The number of anilines is 3. The smallest absolute Gasteiger partial charge is 0.275 e. The largest absolute Gasteiger partial charge is 0.488 e. The minimum atomic E-state index is -0.696. The Hall–Kier alpha value is -3.96. The van der Waals surface area contributed by atoms with Crippen LogP contribution in [0.3, 0.4) is 0 Å². The topological polar surface area (TPSA) is 134 Å². The predicted molar refractivity (Wildman–Crippen MR) is 147 cm³/mol. The van der Waals surface area contributed by atoms with Crippen LogP contribution in [0.1, 0.15) is 20.8 Å². The van der Waals surface area contributed by atoms with Crippen LogP contribution in [0, 0.1) is 11.6 Å². The summed E-state index contributed by atoms with van der Waals surface area (Å²) in [6, 6.07) is 8.45. The van der Waals surface area contributed by atoms with Crippen molar-refractivity contribution in [3.05, 3.63) is 99.0 Å². The number of rotatable bonds is 8. The molecule has 3 N–H and O–H groups in total. The van der Waals surface area contributed by atoms with E-state index in [0.29, 0.717) is 13.2 Å². The van der Waals surface area contributed by atoms with Crippen molar-refractivity contribution in [1.82, 2.24) is 0 Å². The highest BCUT2D eigenvalue weighted by Crippen LogP contribution is 2.29. The second kappa shape index (κ2) is 14.3. The quantitative estimate of drug-likeness (QED) is 0.229. The molecule has 13 heteroatoms. The fourth-order valence-corrected chi connectivity index (χ4v) is 3.22. The van der Waals surface area contributed by atoms with Crippen LogP contribution < -0.4 is 47.0 Å². The van der Waals surface area contributed by atoms with Crippen LogP contribution in [0.25, 0.3) is 0 Å². The minimum Gasteiger partial charge on any atom is -0.488 e. The molecule has 0 heterocycles. The normalized spacial score (nSPS) is 10.2. The standard InChI is InChI=1S/C12H9ClFNO3.C8H10O4.C6H5ClFN/c1-2-18-12-9(10(16)11(12)17)15-7-5-3-4-6(14)8(7)13;1-3-11-7-5(9)6(10)8(7)12-4-2;7-6-4(8)2-1-3-5(6)9/h3-5,15H,2H2,1H3;3-4H2,1-2H3;1-3H,9H2. The molecule has 208 valence electrons. The molecular weight excluding hydrogens is 561 g/mol. The molecule has 0 spiro atoms. The van der Waals surface area contributed by atoms with Gasteiger partial charge in [0.25, 0.3) is 21.7 Å². The number of halogens is 4. The summed E-state index contributed by atoms with van der Waals surface area (Å²) < 4.78 is 40.4. The van der Waals surface area contributed by atoms with Crippen LogP contribution >= 0.6 is 23.2 Å². The van der Waals surface area contributed by atoms with Gasteiger partial charge in [-0.25, -0.2) is 8.78 Å². The molecule has 4 aromatic rings. The van der Waals surface area contributed by atoms with Crippen LogP contribution in [0.2, 0.25) is 10.0 Å². The molecule has 0 amide bonds. The first kappa shape index (κ1) is 31.3. The van der Waals surface area contributed by atoms with Crippen molar-refractivity contribution in [2.45, 2.75) is 20.8 Å². The maximum atomic E-state index is 13.2. The zero-order valence-electron chi connectivity index (χ0n) is 21.0. The van der Waals surface area contributed by atoms with Gasteiger partial charge in [-0.05, 0) is 45.0 Å². The molecule has 0 radical (unpaired) electrons. The molecule has 0 aromatic heterocycles. The van der Waals surface area contributed by atoms with Gasteiger partial charge in [-0.2, -0.15) is 0 Å². The van der Waals surface area contributed by atoms with Gasteiger partial charge in [0.15, 0.2) is 5.75 Å². The molecule has 0 saturated heterocycles. The summed E-state index contributed by atoms with van der Waals surface area (Å²) in [6.45, 7) is 6.17. The third-order valence-corrected chi connectivity index (χ3v) is 5.53. The Morgan fingerprint density at radius 3 is 1.59 bits per heavy atom. The third kappa shape index (κ3) is 7.33. The van der Waals surface area contributed by atoms with Crippen molar-refractivity contribution in [2.75, 3.05) is 30.9 Å². The van der Waals surface area contributed by atoms with Gasteiger partial charge in [0.2, 0.25) is 11.5 Å².